The first-order chi connectivity index (χ1) is 9.04. The van der Waals surface area contributed by atoms with Gasteiger partial charge < -0.3 is 4.74 Å². The van der Waals surface area contributed by atoms with Gasteiger partial charge in [-0.15, -0.1) is 0 Å². The zero-order valence-corrected chi connectivity index (χ0v) is 12.8. The summed E-state index contributed by atoms with van der Waals surface area (Å²) in [5, 5.41) is -0.0737. The van der Waals surface area contributed by atoms with Crippen molar-refractivity contribution in [1.29, 1.82) is 0 Å². The molecule has 2 aromatic rings. The largest absolute Gasteiger partial charge is 0.496 e. The summed E-state index contributed by atoms with van der Waals surface area (Å²) in [4.78, 5) is 12.4. The number of rotatable bonds is 3. The zero-order valence-electron chi connectivity index (χ0n) is 9.91. The molecule has 2 rings (SSSR count). The topological polar surface area (TPSA) is 26.3 Å². The van der Waals surface area contributed by atoms with E-state index in [1.807, 2.05) is 6.07 Å². The van der Waals surface area contributed by atoms with Crippen molar-refractivity contribution in [3.63, 3.8) is 0 Å². The number of hydrogen-bond donors (Lipinski definition) is 0. The first-order valence-corrected chi connectivity index (χ1v) is 6.82. The third kappa shape index (κ3) is 2.90. The highest BCUT2D eigenvalue weighted by Gasteiger charge is 2.19. The first kappa shape index (κ1) is 14.3. The van der Waals surface area contributed by atoms with Crippen molar-refractivity contribution < 1.29 is 13.9 Å². The molecule has 98 valence electrons. The van der Waals surface area contributed by atoms with Gasteiger partial charge in [-0.25, -0.2) is 4.39 Å². The number of ether oxygens (including phenoxy) is 1. The van der Waals surface area contributed by atoms with Gasteiger partial charge in [0.1, 0.15) is 5.75 Å². The number of hydrogen-bond acceptors (Lipinski definition) is 2. The van der Waals surface area contributed by atoms with Gasteiger partial charge in [-0.1, -0.05) is 17.7 Å². The van der Waals surface area contributed by atoms with Crippen LogP contribution in [0.1, 0.15) is 15.9 Å². The van der Waals surface area contributed by atoms with Crippen LogP contribution in [0, 0.1) is 9.39 Å². The van der Waals surface area contributed by atoms with Gasteiger partial charge in [0.15, 0.2) is 11.6 Å². The van der Waals surface area contributed by atoms with E-state index in [2.05, 4.69) is 22.6 Å². The summed E-state index contributed by atoms with van der Waals surface area (Å²) in [6, 6.07) is 9.49. The molecule has 2 aromatic carbocycles. The normalized spacial score (nSPS) is 10.3. The van der Waals surface area contributed by atoms with Gasteiger partial charge in [0, 0.05) is 3.57 Å². The third-order valence-corrected chi connectivity index (χ3v) is 3.57. The van der Waals surface area contributed by atoms with Crippen LogP contribution in [-0.4, -0.2) is 12.9 Å². The van der Waals surface area contributed by atoms with E-state index in [0.29, 0.717) is 11.3 Å². The second-order valence-electron chi connectivity index (χ2n) is 3.78. The highest BCUT2D eigenvalue weighted by Crippen LogP contribution is 2.26. The molecule has 0 saturated carbocycles. The van der Waals surface area contributed by atoms with Gasteiger partial charge in [-0.3, -0.25) is 4.79 Å². The smallest absolute Gasteiger partial charge is 0.199 e. The lowest BCUT2D eigenvalue weighted by Crippen LogP contribution is -2.07. The minimum absolute atomic E-state index is 0.0622. The van der Waals surface area contributed by atoms with Crippen molar-refractivity contribution in [1.82, 2.24) is 0 Å². The van der Waals surface area contributed by atoms with Crippen LogP contribution >= 0.6 is 34.2 Å². The average Bonchev–Trinajstić information content (AvgIpc) is 2.41. The van der Waals surface area contributed by atoms with Crippen LogP contribution in [0.4, 0.5) is 4.39 Å². The van der Waals surface area contributed by atoms with Crippen molar-refractivity contribution in [2.45, 2.75) is 0 Å². The van der Waals surface area contributed by atoms with E-state index in [1.165, 1.54) is 19.2 Å². The van der Waals surface area contributed by atoms with Crippen molar-refractivity contribution in [2.24, 2.45) is 0 Å². The highest BCUT2D eigenvalue weighted by molar-refractivity contribution is 14.1. The number of halogens is 3. The minimum atomic E-state index is -0.713. The molecule has 19 heavy (non-hydrogen) atoms. The molecule has 0 aliphatic carbocycles. The molecule has 0 atom stereocenters. The van der Waals surface area contributed by atoms with Crippen LogP contribution in [0.5, 0.6) is 5.75 Å². The number of benzene rings is 2. The molecule has 0 saturated heterocycles. The number of ketones is 1. The molecule has 0 radical (unpaired) electrons. The molecule has 0 aromatic heterocycles. The van der Waals surface area contributed by atoms with E-state index in [-0.39, 0.29) is 10.6 Å². The Labute approximate surface area is 128 Å². The lowest BCUT2D eigenvalue weighted by molar-refractivity contribution is 0.103. The quantitative estimate of drug-likeness (QED) is 0.576. The molecule has 2 nitrogen and oxygen atoms in total. The van der Waals surface area contributed by atoms with E-state index < -0.39 is 11.6 Å². The molecule has 0 fully saturated rings. The Bertz CT molecular complexity index is 643. The van der Waals surface area contributed by atoms with E-state index >= 15 is 0 Å². The van der Waals surface area contributed by atoms with Gasteiger partial charge in [-0.2, -0.15) is 0 Å². The predicted octanol–water partition coefficient (Wildman–Crippen LogP) is 4.32. The lowest BCUT2D eigenvalue weighted by atomic mass is 10.0. The number of methoxy groups -OCH3 is 1. The standard InChI is InChI=1S/C14H9ClFIO2/c1-19-12-6-5-8(17)7-10(12)14(18)9-3-2-4-11(15)13(9)16/h2-7H,1H3. The van der Waals surface area contributed by atoms with Gasteiger partial charge in [0.05, 0.1) is 23.3 Å². The maximum absolute atomic E-state index is 13.9. The van der Waals surface area contributed by atoms with Gasteiger partial charge in [0.2, 0.25) is 0 Å². The Morgan fingerprint density at radius 3 is 2.68 bits per heavy atom. The fourth-order valence-electron chi connectivity index (χ4n) is 1.68. The summed E-state index contributed by atoms with van der Waals surface area (Å²) in [6.45, 7) is 0. The molecular weight excluding hydrogens is 382 g/mol. The molecule has 0 amide bonds. The Kier molecular flexibility index (Phi) is 4.42. The zero-order chi connectivity index (χ0) is 14.0. The molecule has 0 N–H and O–H groups in total. The Balaban J connectivity index is 2.56. The first-order valence-electron chi connectivity index (χ1n) is 5.37. The maximum Gasteiger partial charge on any atom is 0.199 e. The Morgan fingerprint density at radius 1 is 1.26 bits per heavy atom. The van der Waals surface area contributed by atoms with Crippen molar-refractivity contribution in [3.05, 3.63) is 61.9 Å². The molecule has 0 aliphatic heterocycles. The summed E-state index contributed by atoms with van der Waals surface area (Å²) in [7, 11) is 1.47. The van der Waals surface area contributed by atoms with Crippen LogP contribution < -0.4 is 4.74 Å². The third-order valence-electron chi connectivity index (χ3n) is 2.60. The number of carbonyl (C=O) groups excluding carboxylic acids is 1. The van der Waals surface area contributed by atoms with Crippen LogP contribution in [0.2, 0.25) is 5.02 Å². The van der Waals surface area contributed by atoms with Crippen LogP contribution in [0.25, 0.3) is 0 Å². The molecule has 5 heteroatoms. The molecule has 0 bridgehead atoms. The SMILES string of the molecule is COc1ccc(I)cc1C(=O)c1cccc(Cl)c1F. The van der Waals surface area contributed by atoms with Gasteiger partial charge >= 0.3 is 0 Å². The van der Waals surface area contributed by atoms with Crippen molar-refractivity contribution >= 4 is 40.0 Å². The van der Waals surface area contributed by atoms with Crippen molar-refractivity contribution in [3.8, 4) is 5.75 Å². The summed E-state index contributed by atoms with van der Waals surface area (Å²) in [5.41, 5.74) is 0.253. The van der Waals surface area contributed by atoms with Crippen LogP contribution in [0.3, 0.4) is 0 Å². The summed E-state index contributed by atoms with van der Waals surface area (Å²) >= 11 is 7.77. The van der Waals surface area contributed by atoms with Gasteiger partial charge in [0.25, 0.3) is 0 Å². The van der Waals surface area contributed by atoms with E-state index in [0.717, 1.165) is 3.57 Å². The minimum Gasteiger partial charge on any atom is -0.496 e. The van der Waals surface area contributed by atoms with Gasteiger partial charge in [-0.05, 0) is 52.9 Å². The second-order valence-corrected chi connectivity index (χ2v) is 5.43. The predicted molar refractivity (Wildman–Crippen MR) is 80.6 cm³/mol. The average molecular weight is 391 g/mol. The summed E-state index contributed by atoms with van der Waals surface area (Å²) in [6.07, 6.45) is 0. The summed E-state index contributed by atoms with van der Waals surface area (Å²) in [5.74, 6) is -0.754. The van der Waals surface area contributed by atoms with E-state index in [1.54, 1.807) is 18.2 Å². The lowest BCUT2D eigenvalue weighted by Gasteiger charge is -2.09. The Morgan fingerprint density at radius 2 is 2.00 bits per heavy atom. The molecule has 0 spiro atoms. The molecule has 0 unspecified atom stereocenters. The Hall–Kier alpha value is -1.14. The van der Waals surface area contributed by atoms with Crippen LogP contribution in [-0.2, 0) is 0 Å². The molecular formula is C14H9ClFIO2. The fourth-order valence-corrected chi connectivity index (χ4v) is 2.35. The van der Waals surface area contributed by atoms with E-state index in [9.17, 15) is 9.18 Å². The molecule has 0 aliphatic rings. The van der Waals surface area contributed by atoms with Crippen molar-refractivity contribution in [2.75, 3.05) is 7.11 Å². The number of carbonyl (C=O) groups is 1. The maximum atomic E-state index is 13.9. The summed E-state index contributed by atoms with van der Waals surface area (Å²) < 4.78 is 19.9. The second kappa shape index (κ2) is 5.88. The molecule has 0 heterocycles. The monoisotopic (exact) mass is 390 g/mol. The van der Waals surface area contributed by atoms with Crippen LogP contribution in [0.15, 0.2) is 36.4 Å². The van der Waals surface area contributed by atoms with E-state index in [4.69, 9.17) is 16.3 Å². The highest BCUT2D eigenvalue weighted by atomic mass is 127. The fraction of sp³-hybridized carbons (Fsp3) is 0.0714.